The molecule has 2 fully saturated rings. The lowest BCUT2D eigenvalue weighted by Gasteiger charge is -2.19. The molecule has 34 heavy (non-hydrogen) atoms. The van der Waals surface area contributed by atoms with Crippen molar-refractivity contribution in [2.75, 3.05) is 5.32 Å². The second-order valence-electron chi connectivity index (χ2n) is 10.4. The van der Waals surface area contributed by atoms with E-state index in [4.69, 9.17) is 0 Å². The third-order valence-corrected chi connectivity index (χ3v) is 6.37. The first kappa shape index (κ1) is 22.2. The minimum atomic E-state index is -0.246. The average molecular weight is 459 g/mol. The molecule has 7 nitrogen and oxygen atoms in total. The van der Waals surface area contributed by atoms with Gasteiger partial charge in [0.05, 0.1) is 11.4 Å². The second kappa shape index (κ2) is 8.31. The van der Waals surface area contributed by atoms with Gasteiger partial charge in [0.2, 0.25) is 0 Å². The first-order chi connectivity index (χ1) is 16.2. The van der Waals surface area contributed by atoms with Crippen molar-refractivity contribution in [2.45, 2.75) is 63.8 Å². The molecule has 0 atom stereocenters. The van der Waals surface area contributed by atoms with E-state index in [1.807, 2.05) is 30.3 Å². The normalized spacial score (nSPS) is 15.7. The topological polar surface area (TPSA) is 96.3 Å². The molecule has 0 saturated heterocycles. The minimum Gasteiger partial charge on any atom is -0.507 e. The van der Waals surface area contributed by atoms with Crippen LogP contribution in [0.25, 0.3) is 11.3 Å². The number of nitrogens with zero attached hydrogens (tertiary/aromatic N) is 2. The van der Waals surface area contributed by atoms with Crippen molar-refractivity contribution in [3.8, 4) is 17.0 Å². The number of hydrogen-bond acceptors (Lipinski definition) is 4. The molecule has 0 radical (unpaired) electrons. The van der Waals surface area contributed by atoms with E-state index < -0.39 is 0 Å². The summed E-state index contributed by atoms with van der Waals surface area (Å²) in [6.45, 7) is 6.38. The number of aromatic hydroxyl groups is 1. The van der Waals surface area contributed by atoms with Gasteiger partial charge in [0.1, 0.15) is 5.75 Å². The maximum atomic E-state index is 12.7. The van der Waals surface area contributed by atoms with Crippen molar-refractivity contribution < 1.29 is 14.7 Å². The Bertz CT molecular complexity index is 1250. The Morgan fingerprint density at radius 1 is 1.00 bits per heavy atom. The van der Waals surface area contributed by atoms with Gasteiger partial charge in [-0.2, -0.15) is 9.78 Å². The van der Waals surface area contributed by atoms with Crippen molar-refractivity contribution in [3.63, 3.8) is 0 Å². The highest BCUT2D eigenvalue weighted by molar-refractivity contribution is 6.04. The highest BCUT2D eigenvalue weighted by Crippen LogP contribution is 2.42. The molecule has 2 aliphatic rings. The lowest BCUT2D eigenvalue weighted by Crippen LogP contribution is -2.32. The number of carbonyl (C=O) groups excluding carboxylic acids is 2. The number of hydrogen-bond donors (Lipinski definition) is 3. The van der Waals surface area contributed by atoms with E-state index in [2.05, 4.69) is 36.5 Å². The first-order valence-corrected chi connectivity index (χ1v) is 11.8. The van der Waals surface area contributed by atoms with Crippen LogP contribution in [0, 0.1) is 0 Å². The van der Waals surface area contributed by atoms with Crippen LogP contribution in [0.1, 0.15) is 74.0 Å². The largest absolute Gasteiger partial charge is 0.507 e. The summed E-state index contributed by atoms with van der Waals surface area (Å²) in [5.41, 5.74) is 4.14. The van der Waals surface area contributed by atoms with Crippen LogP contribution >= 0.6 is 0 Å². The van der Waals surface area contributed by atoms with E-state index in [0.29, 0.717) is 28.4 Å². The fraction of sp³-hybridized carbons (Fsp3) is 0.370. The van der Waals surface area contributed by atoms with Gasteiger partial charge in [-0.05, 0) is 67.0 Å². The predicted octanol–water partition coefficient (Wildman–Crippen LogP) is 5.40. The van der Waals surface area contributed by atoms with Gasteiger partial charge < -0.3 is 15.7 Å². The quantitative estimate of drug-likeness (QED) is 0.477. The number of nitrogens with one attached hydrogen (secondary N) is 2. The average Bonchev–Trinajstić information content (AvgIpc) is 3.73. The van der Waals surface area contributed by atoms with Crippen molar-refractivity contribution in [1.82, 2.24) is 15.1 Å². The van der Waals surface area contributed by atoms with Gasteiger partial charge in [0.25, 0.3) is 5.91 Å². The van der Waals surface area contributed by atoms with Crippen LogP contribution in [0.3, 0.4) is 0 Å². The maximum absolute atomic E-state index is 12.7. The Morgan fingerprint density at radius 2 is 1.71 bits per heavy atom. The summed E-state index contributed by atoms with van der Waals surface area (Å²) in [5.74, 6) is 0.0803. The molecule has 176 valence electrons. The maximum Gasteiger partial charge on any atom is 0.342 e. The number of phenols is 1. The molecule has 2 amide bonds. The molecule has 2 aliphatic carbocycles. The molecular formula is C27H30N4O3. The summed E-state index contributed by atoms with van der Waals surface area (Å²) in [5, 5.41) is 21.0. The van der Waals surface area contributed by atoms with E-state index in [9.17, 15) is 14.7 Å². The Morgan fingerprint density at radius 3 is 2.29 bits per heavy atom. The molecule has 3 aromatic rings. The summed E-state index contributed by atoms with van der Waals surface area (Å²) >= 11 is 0. The fourth-order valence-corrected chi connectivity index (χ4v) is 3.97. The van der Waals surface area contributed by atoms with Crippen LogP contribution < -0.4 is 10.6 Å². The Balaban J connectivity index is 1.34. The zero-order chi connectivity index (χ0) is 24.0. The van der Waals surface area contributed by atoms with E-state index in [0.717, 1.165) is 36.9 Å². The molecule has 0 unspecified atom stereocenters. The molecule has 3 N–H and O–H groups in total. The predicted molar refractivity (Wildman–Crippen MR) is 131 cm³/mol. The Hall–Kier alpha value is -3.61. The fourth-order valence-electron chi connectivity index (χ4n) is 3.97. The standard InChI is InChI=1S/C27H30N4O3/c1-27(2,3)18-8-6-17(7-9-18)25(33)28-20-12-13-21(24(32)14-20)22-15-23(16-4-5-16)31(30-22)26(34)29-19-10-11-19/h6-9,12-16,19,32H,4-5,10-11H2,1-3H3,(H,28,33)(H,29,34). The van der Waals surface area contributed by atoms with E-state index in [-0.39, 0.29) is 29.1 Å². The van der Waals surface area contributed by atoms with Crippen LogP contribution in [0.15, 0.2) is 48.5 Å². The number of carbonyl (C=O) groups is 2. The van der Waals surface area contributed by atoms with Gasteiger partial charge in [0.15, 0.2) is 0 Å². The van der Waals surface area contributed by atoms with Gasteiger partial charge in [-0.1, -0.05) is 32.9 Å². The number of amides is 2. The summed E-state index contributed by atoms with van der Waals surface area (Å²) in [6, 6.07) is 14.4. The highest BCUT2D eigenvalue weighted by Gasteiger charge is 2.32. The van der Waals surface area contributed by atoms with Crippen molar-refractivity contribution >= 4 is 17.6 Å². The molecule has 5 rings (SSSR count). The molecule has 0 spiro atoms. The summed E-state index contributed by atoms with van der Waals surface area (Å²) in [6.07, 6.45) is 4.09. The molecule has 2 aromatic carbocycles. The van der Waals surface area contributed by atoms with Crippen molar-refractivity contribution in [1.29, 1.82) is 0 Å². The molecule has 1 heterocycles. The molecule has 2 saturated carbocycles. The number of rotatable bonds is 5. The van der Waals surface area contributed by atoms with E-state index in [1.165, 1.54) is 10.7 Å². The van der Waals surface area contributed by atoms with Crippen LogP contribution in [0.2, 0.25) is 0 Å². The molecule has 1 aromatic heterocycles. The molecule has 0 aliphatic heterocycles. The van der Waals surface area contributed by atoms with Crippen LogP contribution in [0.5, 0.6) is 5.75 Å². The lowest BCUT2D eigenvalue weighted by atomic mass is 9.87. The number of benzene rings is 2. The monoisotopic (exact) mass is 458 g/mol. The van der Waals surface area contributed by atoms with Gasteiger partial charge in [-0.3, -0.25) is 4.79 Å². The van der Waals surface area contributed by atoms with Gasteiger partial charge in [-0.25, -0.2) is 4.79 Å². The van der Waals surface area contributed by atoms with Crippen LogP contribution in [-0.2, 0) is 5.41 Å². The smallest absolute Gasteiger partial charge is 0.342 e. The minimum absolute atomic E-state index is 0.00419. The van der Waals surface area contributed by atoms with Crippen molar-refractivity contribution in [2.24, 2.45) is 0 Å². The molecule has 7 heteroatoms. The zero-order valence-electron chi connectivity index (χ0n) is 19.8. The second-order valence-corrected chi connectivity index (χ2v) is 10.4. The number of phenolic OH excluding ortho intramolecular Hbond substituents is 1. The summed E-state index contributed by atoms with van der Waals surface area (Å²) < 4.78 is 1.45. The van der Waals surface area contributed by atoms with Gasteiger partial charge in [0, 0.05) is 34.8 Å². The molecular weight excluding hydrogens is 428 g/mol. The Kier molecular flexibility index (Phi) is 5.42. The molecule has 0 bridgehead atoms. The zero-order valence-corrected chi connectivity index (χ0v) is 19.8. The third-order valence-electron chi connectivity index (χ3n) is 6.37. The lowest BCUT2D eigenvalue weighted by molar-refractivity contribution is 0.102. The van der Waals surface area contributed by atoms with Crippen LogP contribution in [0.4, 0.5) is 10.5 Å². The summed E-state index contributed by atoms with van der Waals surface area (Å²) in [4.78, 5) is 25.3. The van der Waals surface area contributed by atoms with Gasteiger partial charge in [-0.15, -0.1) is 0 Å². The first-order valence-electron chi connectivity index (χ1n) is 11.8. The third kappa shape index (κ3) is 4.69. The number of anilines is 1. The van der Waals surface area contributed by atoms with Gasteiger partial charge >= 0.3 is 6.03 Å². The SMILES string of the molecule is CC(C)(C)c1ccc(C(=O)Nc2ccc(-c3cc(C4CC4)n(C(=O)NC4CC4)n3)c(O)c2)cc1. The summed E-state index contributed by atoms with van der Waals surface area (Å²) in [7, 11) is 0. The van der Waals surface area contributed by atoms with Crippen LogP contribution in [-0.4, -0.2) is 32.9 Å². The highest BCUT2D eigenvalue weighted by atomic mass is 16.3. The van der Waals surface area contributed by atoms with E-state index in [1.54, 1.807) is 12.1 Å². The van der Waals surface area contributed by atoms with E-state index >= 15 is 0 Å². The Labute approximate surface area is 199 Å². The van der Waals surface area contributed by atoms with Crippen molar-refractivity contribution in [3.05, 3.63) is 65.4 Å². The number of aromatic nitrogens is 2.